The van der Waals surface area contributed by atoms with Crippen molar-refractivity contribution in [2.75, 3.05) is 0 Å². The van der Waals surface area contributed by atoms with Crippen LogP contribution >= 0.6 is 0 Å². The van der Waals surface area contributed by atoms with Gasteiger partial charge >= 0.3 is 0 Å². The molecule has 162 valence electrons. The summed E-state index contributed by atoms with van der Waals surface area (Å²) in [5.41, 5.74) is 4.89. The van der Waals surface area contributed by atoms with Crippen LogP contribution in [0.1, 0.15) is 78.6 Å². The zero-order chi connectivity index (χ0) is 21.2. The minimum Gasteiger partial charge on any atom is -0.393 e. The molecular formula is C26H40O3. The van der Waals surface area contributed by atoms with Crippen LogP contribution in [0.5, 0.6) is 0 Å². The molecule has 0 aromatic heterocycles. The Labute approximate surface area is 176 Å². The summed E-state index contributed by atoms with van der Waals surface area (Å²) < 4.78 is 0. The molecule has 29 heavy (non-hydrogen) atoms. The molecule has 0 aliphatic heterocycles. The molecule has 3 aliphatic carbocycles. The highest BCUT2D eigenvalue weighted by Crippen LogP contribution is 2.56. The largest absolute Gasteiger partial charge is 0.393 e. The highest BCUT2D eigenvalue weighted by molar-refractivity contribution is 5.44. The summed E-state index contributed by atoms with van der Waals surface area (Å²) in [5, 5.41) is 29.8. The molecule has 2 saturated carbocycles. The third kappa shape index (κ3) is 4.95. The van der Waals surface area contributed by atoms with E-state index in [1.54, 1.807) is 0 Å². The van der Waals surface area contributed by atoms with E-state index in [1.807, 2.05) is 6.92 Å². The molecule has 3 heteroatoms. The van der Waals surface area contributed by atoms with E-state index < -0.39 is 12.2 Å². The summed E-state index contributed by atoms with van der Waals surface area (Å²) in [5.74, 6) is 1.35. The van der Waals surface area contributed by atoms with Crippen molar-refractivity contribution in [1.82, 2.24) is 0 Å². The van der Waals surface area contributed by atoms with Crippen LogP contribution in [0.25, 0.3) is 0 Å². The fourth-order valence-electron chi connectivity index (χ4n) is 5.93. The van der Waals surface area contributed by atoms with Gasteiger partial charge in [0.05, 0.1) is 18.3 Å². The first-order chi connectivity index (χ1) is 13.7. The lowest BCUT2D eigenvalue weighted by molar-refractivity contribution is 0.123. The summed E-state index contributed by atoms with van der Waals surface area (Å²) in [4.78, 5) is 0. The van der Waals surface area contributed by atoms with E-state index in [0.29, 0.717) is 30.3 Å². The van der Waals surface area contributed by atoms with Crippen LogP contribution in [0.2, 0.25) is 0 Å². The van der Waals surface area contributed by atoms with Gasteiger partial charge in [0, 0.05) is 0 Å². The van der Waals surface area contributed by atoms with E-state index in [9.17, 15) is 15.3 Å². The van der Waals surface area contributed by atoms with Crippen molar-refractivity contribution >= 4 is 0 Å². The number of allylic oxidation sites excluding steroid dienone is 5. The topological polar surface area (TPSA) is 60.7 Å². The Morgan fingerprint density at radius 3 is 2.52 bits per heavy atom. The first kappa shape index (κ1) is 22.5. The molecule has 3 aliphatic rings. The van der Waals surface area contributed by atoms with Gasteiger partial charge in [-0.2, -0.15) is 0 Å². The van der Waals surface area contributed by atoms with Gasteiger partial charge in [-0.25, -0.2) is 0 Å². The second-order valence-electron chi connectivity index (χ2n) is 10.0. The van der Waals surface area contributed by atoms with Crippen molar-refractivity contribution in [3.63, 3.8) is 0 Å². The molecule has 0 aromatic carbocycles. The number of fused-ring (bicyclic) bond motifs is 1. The van der Waals surface area contributed by atoms with Gasteiger partial charge in [0.2, 0.25) is 0 Å². The highest BCUT2D eigenvalue weighted by Gasteiger charge is 2.45. The van der Waals surface area contributed by atoms with Gasteiger partial charge in [-0.05, 0) is 85.8 Å². The zero-order valence-corrected chi connectivity index (χ0v) is 18.5. The summed E-state index contributed by atoms with van der Waals surface area (Å²) in [6, 6.07) is 0. The zero-order valence-electron chi connectivity index (χ0n) is 18.5. The lowest BCUT2D eigenvalue weighted by atomic mass is 9.62. The second kappa shape index (κ2) is 9.32. The number of aliphatic hydroxyl groups is 3. The quantitative estimate of drug-likeness (QED) is 0.535. The van der Waals surface area contributed by atoms with Crippen LogP contribution in [0, 0.1) is 17.3 Å². The van der Waals surface area contributed by atoms with E-state index in [1.165, 1.54) is 30.4 Å². The van der Waals surface area contributed by atoms with E-state index in [2.05, 4.69) is 38.7 Å². The van der Waals surface area contributed by atoms with Crippen LogP contribution < -0.4 is 0 Å². The van der Waals surface area contributed by atoms with E-state index in [4.69, 9.17) is 0 Å². The van der Waals surface area contributed by atoms with Crippen LogP contribution in [0.4, 0.5) is 0 Å². The Kier molecular flexibility index (Phi) is 7.24. The van der Waals surface area contributed by atoms with Crippen LogP contribution in [-0.2, 0) is 0 Å². The van der Waals surface area contributed by atoms with Gasteiger partial charge in [0.1, 0.15) is 0 Å². The molecule has 0 saturated heterocycles. The van der Waals surface area contributed by atoms with E-state index in [-0.39, 0.29) is 11.5 Å². The first-order valence-corrected chi connectivity index (χ1v) is 11.5. The number of rotatable bonds is 6. The number of hydrogen-bond donors (Lipinski definition) is 3. The van der Waals surface area contributed by atoms with Crippen molar-refractivity contribution in [3.8, 4) is 0 Å². The molecule has 0 bridgehead atoms. The molecule has 0 heterocycles. The van der Waals surface area contributed by atoms with Crippen molar-refractivity contribution < 1.29 is 15.3 Å². The van der Waals surface area contributed by atoms with Gasteiger partial charge in [-0.3, -0.25) is 0 Å². The van der Waals surface area contributed by atoms with Crippen LogP contribution in [-0.4, -0.2) is 33.6 Å². The van der Waals surface area contributed by atoms with Gasteiger partial charge < -0.3 is 15.3 Å². The molecule has 0 spiro atoms. The Bertz CT molecular complexity index is 683. The Morgan fingerprint density at radius 1 is 1.17 bits per heavy atom. The third-order valence-corrected chi connectivity index (χ3v) is 7.75. The minimum atomic E-state index is -0.627. The summed E-state index contributed by atoms with van der Waals surface area (Å²) >= 11 is 0. The fraction of sp³-hybridized carbons (Fsp3) is 0.692. The Morgan fingerprint density at radius 2 is 1.86 bits per heavy atom. The molecule has 3 N–H and O–H groups in total. The maximum Gasteiger partial charge on any atom is 0.0809 e. The molecule has 2 fully saturated rings. The molecule has 0 aromatic rings. The number of hydrogen-bond acceptors (Lipinski definition) is 3. The summed E-state index contributed by atoms with van der Waals surface area (Å²) in [7, 11) is 0. The first-order valence-electron chi connectivity index (χ1n) is 11.5. The van der Waals surface area contributed by atoms with Gasteiger partial charge in [0.15, 0.2) is 0 Å². The monoisotopic (exact) mass is 400 g/mol. The molecule has 0 amide bonds. The van der Waals surface area contributed by atoms with Crippen LogP contribution in [0.15, 0.2) is 47.1 Å². The normalized spacial score (nSPS) is 37.5. The molecular weight excluding hydrogens is 360 g/mol. The molecule has 3 nitrogen and oxygen atoms in total. The van der Waals surface area contributed by atoms with Crippen molar-refractivity contribution in [2.45, 2.75) is 96.9 Å². The molecule has 0 radical (unpaired) electrons. The summed E-state index contributed by atoms with van der Waals surface area (Å²) in [6.45, 7) is 10.5. The minimum absolute atomic E-state index is 0.193. The average Bonchev–Trinajstić information content (AvgIpc) is 3.01. The smallest absolute Gasteiger partial charge is 0.0809 e. The Hall–Kier alpha value is -1.16. The van der Waals surface area contributed by atoms with Crippen molar-refractivity contribution in [2.24, 2.45) is 17.3 Å². The molecule has 3 unspecified atom stereocenters. The standard InChI is InChI=1S/C26H40O3/c1-17(7-5-8-18(2)27)22-12-13-23-21(9-6-14-26(22,23)4)11-10-20-15-24(28)19(3)25(29)16-20/h10-11,13,17-18,22,24-25,27-29H,3,5-9,12,14-16H2,1-2,4H3/b20-10?,21-11+/t17?,18-,22+,24+,25?,26?/m0/s1. The van der Waals surface area contributed by atoms with Gasteiger partial charge in [-0.15, -0.1) is 0 Å². The molecule has 6 atom stereocenters. The predicted molar refractivity (Wildman–Crippen MR) is 119 cm³/mol. The maximum absolute atomic E-state index is 10.1. The van der Waals surface area contributed by atoms with Gasteiger partial charge in [-0.1, -0.05) is 57.1 Å². The van der Waals surface area contributed by atoms with Crippen molar-refractivity contribution in [3.05, 3.63) is 47.1 Å². The lowest BCUT2D eigenvalue weighted by Gasteiger charge is -2.42. The van der Waals surface area contributed by atoms with Gasteiger partial charge in [0.25, 0.3) is 0 Å². The highest BCUT2D eigenvalue weighted by atomic mass is 16.3. The SMILES string of the molecule is C=C1C(O)CC(=C/C=C2\CCCC3(C)C2=CC[C@@H]3C(C)CCC[C@H](C)O)C[C@H]1O. The molecule has 3 rings (SSSR count). The lowest BCUT2D eigenvalue weighted by Crippen LogP contribution is -2.33. The van der Waals surface area contributed by atoms with E-state index in [0.717, 1.165) is 31.3 Å². The van der Waals surface area contributed by atoms with Crippen LogP contribution in [0.3, 0.4) is 0 Å². The number of aliphatic hydroxyl groups excluding tert-OH is 3. The third-order valence-electron chi connectivity index (χ3n) is 7.75. The fourth-order valence-corrected chi connectivity index (χ4v) is 5.93. The summed E-state index contributed by atoms with van der Waals surface area (Å²) in [6.07, 6.45) is 14.5. The maximum atomic E-state index is 10.1. The average molecular weight is 401 g/mol. The predicted octanol–water partition coefficient (Wildman–Crippen LogP) is 5.23. The Balaban J connectivity index is 1.70. The van der Waals surface area contributed by atoms with E-state index >= 15 is 0 Å². The van der Waals surface area contributed by atoms with Crippen molar-refractivity contribution in [1.29, 1.82) is 0 Å². The second-order valence-corrected chi connectivity index (χ2v) is 10.0.